The quantitative estimate of drug-likeness (QED) is 0.303. The number of urea groups is 1. The number of nitrogen functional groups attached to an aromatic ring is 1. The van der Waals surface area contributed by atoms with E-state index in [0.29, 0.717) is 23.1 Å². The first-order chi connectivity index (χ1) is 15.9. The summed E-state index contributed by atoms with van der Waals surface area (Å²) in [5.41, 5.74) is 10.9. The van der Waals surface area contributed by atoms with Crippen LogP contribution in [0.2, 0.25) is 0 Å². The van der Waals surface area contributed by atoms with Gasteiger partial charge in [0.05, 0.1) is 10.3 Å². The first-order valence-corrected chi connectivity index (χ1v) is 10.4. The van der Waals surface area contributed by atoms with E-state index in [2.05, 4.69) is 21.8 Å². The average molecular weight is 443 g/mol. The van der Waals surface area contributed by atoms with Gasteiger partial charge in [-0.2, -0.15) is 5.10 Å². The highest BCUT2D eigenvalue weighted by molar-refractivity contribution is 6.02. The Bertz CT molecular complexity index is 1370. The van der Waals surface area contributed by atoms with E-state index in [1.165, 1.54) is 24.3 Å². The van der Waals surface area contributed by atoms with Crippen molar-refractivity contribution in [3.63, 3.8) is 0 Å². The zero-order chi connectivity index (χ0) is 23.1. The molecule has 1 saturated carbocycles. The third kappa shape index (κ3) is 4.05. The number of anilines is 3. The summed E-state index contributed by atoms with van der Waals surface area (Å²) in [5.74, 6) is 0.912. The smallest absolute Gasteiger partial charge is 0.323 e. The number of nitrogens with two attached hydrogens (primary N) is 1. The molecule has 1 fully saturated rings. The Labute approximate surface area is 188 Å². The molecule has 2 aromatic carbocycles. The molecule has 2 amide bonds. The first-order valence-electron chi connectivity index (χ1n) is 10.4. The van der Waals surface area contributed by atoms with Crippen molar-refractivity contribution in [1.29, 1.82) is 0 Å². The van der Waals surface area contributed by atoms with Gasteiger partial charge in [-0.1, -0.05) is 12.1 Å². The molecule has 0 unspecified atom stereocenters. The van der Waals surface area contributed by atoms with Crippen LogP contribution in [-0.2, 0) is 7.05 Å². The summed E-state index contributed by atoms with van der Waals surface area (Å²) in [4.78, 5) is 27.3. The molecule has 1 aliphatic rings. The van der Waals surface area contributed by atoms with E-state index in [0.717, 1.165) is 40.7 Å². The van der Waals surface area contributed by atoms with Gasteiger partial charge in [-0.3, -0.25) is 10.1 Å². The monoisotopic (exact) mass is 443 g/mol. The largest absolute Gasteiger partial charge is 0.382 e. The van der Waals surface area contributed by atoms with Gasteiger partial charge in [-0.25, -0.2) is 14.5 Å². The molecule has 33 heavy (non-hydrogen) atoms. The highest BCUT2D eigenvalue weighted by Crippen LogP contribution is 2.42. The molecule has 2 heterocycles. The molecule has 0 bridgehead atoms. The van der Waals surface area contributed by atoms with Crippen LogP contribution < -0.4 is 16.4 Å². The lowest BCUT2D eigenvalue weighted by Gasteiger charge is -2.10. The lowest BCUT2D eigenvalue weighted by molar-refractivity contribution is -0.384. The fourth-order valence-electron chi connectivity index (χ4n) is 3.81. The molecule has 4 N–H and O–H groups in total. The number of aryl methyl sites for hydroxylation is 1. The number of benzene rings is 2. The van der Waals surface area contributed by atoms with Gasteiger partial charge in [-0.15, -0.1) is 0 Å². The van der Waals surface area contributed by atoms with Gasteiger partial charge in [0.2, 0.25) is 0 Å². The van der Waals surface area contributed by atoms with Crippen molar-refractivity contribution in [2.45, 2.75) is 18.8 Å². The number of rotatable bonds is 5. The number of fused-ring (bicyclic) bond motifs is 1. The van der Waals surface area contributed by atoms with Crippen LogP contribution in [0.3, 0.4) is 0 Å². The topological polar surface area (TPSA) is 141 Å². The molecule has 166 valence electrons. The van der Waals surface area contributed by atoms with Gasteiger partial charge in [0, 0.05) is 42.2 Å². The normalized spacial score (nSPS) is 13.1. The summed E-state index contributed by atoms with van der Waals surface area (Å²) in [5, 5.41) is 21.3. The van der Waals surface area contributed by atoms with Crippen LogP contribution >= 0.6 is 0 Å². The van der Waals surface area contributed by atoms with Gasteiger partial charge < -0.3 is 16.4 Å². The summed E-state index contributed by atoms with van der Waals surface area (Å²) in [6.07, 6.45) is 2.27. The summed E-state index contributed by atoms with van der Waals surface area (Å²) < 4.78 is 1.71. The van der Waals surface area contributed by atoms with Crippen LogP contribution in [0, 0.1) is 10.1 Å². The van der Waals surface area contributed by atoms with Gasteiger partial charge in [-0.05, 0) is 54.3 Å². The Kier molecular flexibility index (Phi) is 4.89. The molecular formula is C23H21N7O3. The maximum Gasteiger partial charge on any atom is 0.323 e. The van der Waals surface area contributed by atoms with Crippen molar-refractivity contribution in [3.05, 3.63) is 70.4 Å². The third-order valence-corrected chi connectivity index (χ3v) is 5.63. The van der Waals surface area contributed by atoms with Gasteiger partial charge >= 0.3 is 6.03 Å². The van der Waals surface area contributed by atoms with Gasteiger partial charge in [0.15, 0.2) is 11.5 Å². The number of nitro benzene ring substituents is 1. The Morgan fingerprint density at radius 2 is 1.70 bits per heavy atom. The highest BCUT2D eigenvalue weighted by atomic mass is 16.6. The second kappa shape index (κ2) is 7.90. The van der Waals surface area contributed by atoms with Crippen LogP contribution in [0.1, 0.15) is 24.5 Å². The van der Waals surface area contributed by atoms with E-state index < -0.39 is 11.0 Å². The van der Waals surface area contributed by atoms with E-state index in [4.69, 9.17) is 10.7 Å². The molecule has 0 radical (unpaired) electrons. The second-order valence-electron chi connectivity index (χ2n) is 8.04. The number of amides is 2. The van der Waals surface area contributed by atoms with E-state index in [1.807, 2.05) is 19.2 Å². The summed E-state index contributed by atoms with van der Waals surface area (Å²) >= 11 is 0. The van der Waals surface area contributed by atoms with Crippen LogP contribution in [-0.4, -0.2) is 25.7 Å². The Morgan fingerprint density at radius 3 is 2.27 bits per heavy atom. The first kappa shape index (κ1) is 20.4. The van der Waals surface area contributed by atoms with Crippen molar-refractivity contribution in [3.8, 4) is 11.1 Å². The molecule has 0 saturated heterocycles. The van der Waals surface area contributed by atoms with Crippen molar-refractivity contribution in [2.24, 2.45) is 7.05 Å². The summed E-state index contributed by atoms with van der Waals surface area (Å²) in [6, 6.07) is 14.7. The van der Waals surface area contributed by atoms with Crippen molar-refractivity contribution in [1.82, 2.24) is 14.8 Å². The number of aromatic nitrogens is 3. The van der Waals surface area contributed by atoms with Crippen molar-refractivity contribution < 1.29 is 9.72 Å². The minimum absolute atomic E-state index is 0.0409. The number of nitrogens with one attached hydrogen (secondary N) is 2. The molecule has 1 aliphatic carbocycles. The molecule has 10 heteroatoms. The molecule has 0 spiro atoms. The fourth-order valence-corrected chi connectivity index (χ4v) is 3.81. The van der Waals surface area contributed by atoms with Crippen molar-refractivity contribution in [2.75, 3.05) is 16.4 Å². The molecule has 0 aliphatic heterocycles. The SMILES string of the molecule is Cn1nc(N)c2c(-c3ccc(NC(=O)Nc4ccc([N+](=O)[O-])cc4)cc3)cc(C3CC3)nc21. The minimum Gasteiger partial charge on any atom is -0.382 e. The number of carbonyl (C=O) groups is 1. The fraction of sp³-hybridized carbons (Fsp3) is 0.174. The van der Waals surface area contributed by atoms with Crippen molar-refractivity contribution >= 4 is 39.9 Å². The standard InChI is InChI=1S/C23H21N7O3/c1-29-22-20(21(24)28-29)18(12-19(27-22)14-2-3-14)13-4-6-15(7-5-13)25-23(31)26-16-8-10-17(11-9-16)30(32)33/h4-12,14H,2-3H2,1H3,(H2,24,28)(H2,25,26,31). The average Bonchev–Trinajstić information content (AvgIpc) is 3.60. The molecular weight excluding hydrogens is 422 g/mol. The molecule has 0 atom stereocenters. The molecule has 10 nitrogen and oxygen atoms in total. The zero-order valence-electron chi connectivity index (χ0n) is 17.8. The number of nitro groups is 1. The Balaban J connectivity index is 1.36. The molecule has 2 aromatic heterocycles. The summed E-state index contributed by atoms with van der Waals surface area (Å²) in [6.45, 7) is 0. The second-order valence-corrected chi connectivity index (χ2v) is 8.04. The van der Waals surface area contributed by atoms with Gasteiger partial charge in [0.25, 0.3) is 5.69 Å². The number of carbonyl (C=O) groups excluding carboxylic acids is 1. The number of hydrogen-bond acceptors (Lipinski definition) is 6. The Hall–Kier alpha value is -4.47. The predicted octanol–water partition coefficient (Wildman–Crippen LogP) is 4.65. The highest BCUT2D eigenvalue weighted by Gasteiger charge is 2.27. The van der Waals surface area contributed by atoms with Crippen LogP contribution in [0.15, 0.2) is 54.6 Å². The number of nitrogens with zero attached hydrogens (tertiary/aromatic N) is 4. The minimum atomic E-state index is -0.491. The zero-order valence-corrected chi connectivity index (χ0v) is 17.8. The van der Waals surface area contributed by atoms with E-state index in [-0.39, 0.29) is 5.69 Å². The lowest BCUT2D eigenvalue weighted by Crippen LogP contribution is -2.19. The van der Waals surface area contributed by atoms with E-state index in [1.54, 1.807) is 16.8 Å². The number of hydrogen-bond donors (Lipinski definition) is 3. The van der Waals surface area contributed by atoms with Crippen LogP contribution in [0.4, 0.5) is 27.7 Å². The summed E-state index contributed by atoms with van der Waals surface area (Å²) in [7, 11) is 1.84. The molecule has 5 rings (SSSR count). The third-order valence-electron chi connectivity index (χ3n) is 5.63. The predicted molar refractivity (Wildman–Crippen MR) is 126 cm³/mol. The van der Waals surface area contributed by atoms with Crippen LogP contribution in [0.25, 0.3) is 22.2 Å². The Morgan fingerprint density at radius 1 is 1.09 bits per heavy atom. The van der Waals surface area contributed by atoms with Gasteiger partial charge in [0.1, 0.15) is 0 Å². The number of pyridine rings is 1. The molecule has 4 aromatic rings. The number of non-ortho nitro benzene ring substituents is 1. The lowest BCUT2D eigenvalue weighted by atomic mass is 10.0. The van der Waals surface area contributed by atoms with E-state index in [9.17, 15) is 14.9 Å². The van der Waals surface area contributed by atoms with E-state index >= 15 is 0 Å². The maximum atomic E-state index is 12.3. The van der Waals surface area contributed by atoms with Crippen LogP contribution in [0.5, 0.6) is 0 Å². The maximum absolute atomic E-state index is 12.3.